The van der Waals surface area contributed by atoms with Gasteiger partial charge in [-0.1, -0.05) is 12.0 Å². The van der Waals surface area contributed by atoms with E-state index in [1.165, 1.54) is 17.6 Å². The van der Waals surface area contributed by atoms with Crippen molar-refractivity contribution in [3.63, 3.8) is 0 Å². The van der Waals surface area contributed by atoms with Crippen LogP contribution >= 0.6 is 0 Å². The van der Waals surface area contributed by atoms with Crippen molar-refractivity contribution in [1.29, 1.82) is 0 Å². The summed E-state index contributed by atoms with van der Waals surface area (Å²) in [5.74, 6) is 3.42. The normalized spacial score (nSPS) is 27.3. The van der Waals surface area contributed by atoms with Crippen LogP contribution < -0.4 is 5.32 Å². The zero-order chi connectivity index (χ0) is 11.0. The van der Waals surface area contributed by atoms with Crippen LogP contribution in [0.2, 0.25) is 0 Å². The third-order valence-corrected chi connectivity index (χ3v) is 3.54. The summed E-state index contributed by atoms with van der Waals surface area (Å²) in [5, 5.41) is 3.51. The molecule has 0 aromatic carbocycles. The van der Waals surface area contributed by atoms with Gasteiger partial charge in [-0.3, -0.25) is 4.98 Å². The second-order valence-corrected chi connectivity index (χ2v) is 4.53. The maximum Gasteiger partial charge on any atom is 0.0432 e. The molecule has 2 heterocycles. The molecular formula is C14H14N2. The van der Waals surface area contributed by atoms with Crippen LogP contribution in [0.1, 0.15) is 24.0 Å². The predicted molar refractivity (Wildman–Crippen MR) is 64.7 cm³/mol. The molecule has 1 N–H and O–H groups in total. The molecule has 2 nitrogen and oxygen atoms in total. The van der Waals surface area contributed by atoms with Crippen LogP contribution in [0.15, 0.2) is 24.5 Å². The van der Waals surface area contributed by atoms with E-state index in [1.807, 2.05) is 6.20 Å². The molecule has 0 amide bonds. The van der Waals surface area contributed by atoms with Gasteiger partial charge in [-0.25, -0.2) is 0 Å². The van der Waals surface area contributed by atoms with E-state index in [0.29, 0.717) is 6.04 Å². The summed E-state index contributed by atoms with van der Waals surface area (Å²) >= 11 is 0. The number of aromatic nitrogens is 1. The van der Waals surface area contributed by atoms with Crippen molar-refractivity contribution in [2.45, 2.75) is 18.9 Å². The van der Waals surface area contributed by atoms with E-state index in [9.17, 15) is 0 Å². The van der Waals surface area contributed by atoms with Crippen LogP contribution in [0.4, 0.5) is 0 Å². The molecule has 1 aliphatic heterocycles. The van der Waals surface area contributed by atoms with Crippen LogP contribution in [0, 0.1) is 18.3 Å². The highest BCUT2D eigenvalue weighted by molar-refractivity contribution is 5.69. The summed E-state index contributed by atoms with van der Waals surface area (Å²) in [6.07, 6.45) is 13.8. The van der Waals surface area contributed by atoms with Crippen LogP contribution in [0.3, 0.4) is 0 Å². The average molecular weight is 210 g/mol. The van der Waals surface area contributed by atoms with Crippen molar-refractivity contribution in [3.8, 4) is 12.3 Å². The summed E-state index contributed by atoms with van der Waals surface area (Å²) in [6.45, 7) is 1.15. The Morgan fingerprint density at radius 3 is 3.19 bits per heavy atom. The van der Waals surface area contributed by atoms with Gasteiger partial charge in [-0.2, -0.15) is 0 Å². The number of allylic oxidation sites excluding steroid dienone is 1. The van der Waals surface area contributed by atoms with Gasteiger partial charge in [0, 0.05) is 24.0 Å². The first kappa shape index (κ1) is 9.62. The smallest absolute Gasteiger partial charge is 0.0432 e. The number of hydrogen-bond donors (Lipinski definition) is 1. The zero-order valence-corrected chi connectivity index (χ0v) is 9.11. The van der Waals surface area contributed by atoms with E-state index < -0.39 is 0 Å². The van der Waals surface area contributed by atoms with Crippen LogP contribution in [0.5, 0.6) is 0 Å². The highest BCUT2D eigenvalue weighted by Gasteiger charge is 2.31. The summed E-state index contributed by atoms with van der Waals surface area (Å²) in [5.41, 5.74) is 3.45. The van der Waals surface area contributed by atoms with Crippen molar-refractivity contribution in [2.24, 2.45) is 5.92 Å². The molecule has 3 rings (SSSR count). The molecule has 2 aliphatic rings. The fraction of sp³-hybridized carbons (Fsp3) is 0.357. The number of nitrogens with zero attached hydrogens (tertiary/aromatic N) is 1. The third kappa shape index (κ3) is 1.54. The van der Waals surface area contributed by atoms with Crippen LogP contribution in [0.25, 0.3) is 5.57 Å². The fourth-order valence-corrected chi connectivity index (χ4v) is 2.68. The van der Waals surface area contributed by atoms with Crippen molar-refractivity contribution in [1.82, 2.24) is 10.3 Å². The van der Waals surface area contributed by atoms with Gasteiger partial charge in [0.2, 0.25) is 0 Å². The van der Waals surface area contributed by atoms with Gasteiger partial charge in [0.05, 0.1) is 0 Å². The lowest BCUT2D eigenvalue weighted by atomic mass is 9.99. The van der Waals surface area contributed by atoms with E-state index in [-0.39, 0.29) is 0 Å². The Bertz CT molecular complexity index is 482. The summed E-state index contributed by atoms with van der Waals surface area (Å²) < 4.78 is 0. The Kier molecular flexibility index (Phi) is 2.27. The summed E-state index contributed by atoms with van der Waals surface area (Å²) in [6, 6.07) is 2.63. The third-order valence-electron chi connectivity index (χ3n) is 3.54. The highest BCUT2D eigenvalue weighted by atomic mass is 15.0. The van der Waals surface area contributed by atoms with Crippen LogP contribution in [-0.4, -0.2) is 17.6 Å². The van der Waals surface area contributed by atoms with E-state index >= 15 is 0 Å². The van der Waals surface area contributed by atoms with Crippen molar-refractivity contribution >= 4 is 5.57 Å². The predicted octanol–water partition coefficient (Wildman–Crippen LogP) is 1.83. The molecule has 2 atom stereocenters. The first-order valence-corrected chi connectivity index (χ1v) is 5.73. The molecule has 0 unspecified atom stereocenters. The van der Waals surface area contributed by atoms with E-state index in [1.54, 1.807) is 6.20 Å². The molecule has 1 saturated heterocycles. The van der Waals surface area contributed by atoms with Gasteiger partial charge in [0.25, 0.3) is 0 Å². The fourth-order valence-electron chi connectivity index (χ4n) is 2.68. The lowest BCUT2D eigenvalue weighted by molar-refractivity contribution is 0.553. The quantitative estimate of drug-likeness (QED) is 0.715. The Morgan fingerprint density at radius 2 is 2.38 bits per heavy atom. The summed E-state index contributed by atoms with van der Waals surface area (Å²) in [4.78, 5) is 4.19. The van der Waals surface area contributed by atoms with Crippen LogP contribution in [-0.2, 0) is 0 Å². The zero-order valence-electron chi connectivity index (χ0n) is 9.11. The van der Waals surface area contributed by atoms with Crippen molar-refractivity contribution in [2.75, 3.05) is 6.54 Å². The van der Waals surface area contributed by atoms with E-state index in [4.69, 9.17) is 6.42 Å². The number of rotatable bonds is 1. The monoisotopic (exact) mass is 210 g/mol. The molecule has 1 fully saturated rings. The first-order chi connectivity index (χ1) is 7.86. The van der Waals surface area contributed by atoms with Gasteiger partial charge in [-0.15, -0.1) is 6.42 Å². The average Bonchev–Trinajstić information content (AvgIpc) is 2.89. The lowest BCUT2D eigenvalue weighted by Crippen LogP contribution is -2.20. The minimum Gasteiger partial charge on any atom is -0.310 e. The number of terminal acetylenes is 1. The Balaban J connectivity index is 1.91. The Hall–Kier alpha value is -1.59. The van der Waals surface area contributed by atoms with Crippen molar-refractivity contribution in [3.05, 3.63) is 35.7 Å². The molecule has 0 radical (unpaired) electrons. The van der Waals surface area contributed by atoms with E-state index in [0.717, 1.165) is 24.4 Å². The summed E-state index contributed by atoms with van der Waals surface area (Å²) in [7, 11) is 0. The SMILES string of the molecule is C#Cc1cncc(C2=C[C@H]3NCC[C@H]3C2)c1. The minimum absolute atomic E-state index is 0.574. The number of fused-ring (bicyclic) bond motifs is 1. The maximum absolute atomic E-state index is 5.39. The van der Waals surface area contributed by atoms with Crippen molar-refractivity contribution < 1.29 is 0 Å². The topological polar surface area (TPSA) is 24.9 Å². The Morgan fingerprint density at radius 1 is 1.44 bits per heavy atom. The highest BCUT2D eigenvalue weighted by Crippen LogP contribution is 2.36. The van der Waals surface area contributed by atoms with Gasteiger partial charge < -0.3 is 5.32 Å². The molecule has 0 saturated carbocycles. The first-order valence-electron chi connectivity index (χ1n) is 5.73. The number of hydrogen-bond acceptors (Lipinski definition) is 2. The molecule has 1 aliphatic carbocycles. The Labute approximate surface area is 95.8 Å². The molecule has 80 valence electrons. The molecular weight excluding hydrogens is 196 g/mol. The molecule has 16 heavy (non-hydrogen) atoms. The van der Waals surface area contributed by atoms with Gasteiger partial charge in [-0.05, 0) is 42.5 Å². The molecule has 2 heteroatoms. The molecule has 1 aromatic heterocycles. The van der Waals surface area contributed by atoms with Gasteiger partial charge in [0.1, 0.15) is 0 Å². The number of nitrogens with one attached hydrogen (secondary N) is 1. The van der Waals surface area contributed by atoms with Gasteiger partial charge in [0.15, 0.2) is 0 Å². The minimum atomic E-state index is 0.574. The largest absolute Gasteiger partial charge is 0.310 e. The molecule has 0 bridgehead atoms. The molecule has 0 spiro atoms. The van der Waals surface area contributed by atoms with E-state index in [2.05, 4.69) is 28.4 Å². The number of pyridine rings is 1. The lowest BCUT2D eigenvalue weighted by Gasteiger charge is -2.06. The second-order valence-electron chi connectivity index (χ2n) is 4.53. The second kappa shape index (κ2) is 3.77. The maximum atomic E-state index is 5.39. The molecule has 1 aromatic rings. The van der Waals surface area contributed by atoms with Gasteiger partial charge >= 0.3 is 0 Å². The standard InChI is InChI=1S/C14H14N2/c1-2-10-5-13(9-15-8-10)12-6-11-3-4-16-14(11)7-12/h1,5,7-9,11,14,16H,3-4,6H2/t11-,14+/m0/s1.